The van der Waals surface area contributed by atoms with Crippen molar-refractivity contribution in [1.29, 1.82) is 0 Å². The summed E-state index contributed by atoms with van der Waals surface area (Å²) < 4.78 is 13.2. The lowest BCUT2D eigenvalue weighted by Crippen LogP contribution is -2.50. The van der Waals surface area contributed by atoms with Gasteiger partial charge in [-0.05, 0) is 81.2 Å². The van der Waals surface area contributed by atoms with Crippen LogP contribution in [0.15, 0.2) is 49.1 Å². The van der Waals surface area contributed by atoms with Crippen molar-refractivity contribution >= 4 is 35.3 Å². The summed E-state index contributed by atoms with van der Waals surface area (Å²) in [5, 5.41) is 3.80. The van der Waals surface area contributed by atoms with Crippen molar-refractivity contribution in [2.24, 2.45) is 7.05 Å². The number of halogens is 1. The first-order valence-electron chi connectivity index (χ1n) is 15.0. The van der Waals surface area contributed by atoms with E-state index in [9.17, 15) is 9.59 Å². The third kappa shape index (κ3) is 7.14. The summed E-state index contributed by atoms with van der Waals surface area (Å²) in [6.45, 7) is 11.7. The number of imidazole rings is 1. The molecule has 1 aromatic carbocycles. The molecule has 0 bridgehead atoms. The number of benzene rings is 1. The molecule has 0 spiro atoms. The standard InChI is InChI=1S/C33H41ClN6O4/c1-21(2)44-32(42)40-14-12-39(13-15-40)31-24-10-9-23(34)17-25(24)26(16-22-8-7-11-36-29(22)31)30(27-18-35-20-38(27)6)37-28(41)19-43-33(3,4)5/h7-11,16-18,20-21,30-31H,12-15,19H2,1-6H3,(H,37,41)/t30-,31+/m1/s1. The molecule has 3 aromatic rings. The fourth-order valence-corrected chi connectivity index (χ4v) is 5.85. The zero-order chi connectivity index (χ0) is 31.6. The first-order valence-corrected chi connectivity index (χ1v) is 15.3. The van der Waals surface area contributed by atoms with Gasteiger partial charge >= 0.3 is 6.09 Å². The number of nitrogens with one attached hydrogen (secondary N) is 1. The largest absolute Gasteiger partial charge is 0.447 e. The number of fused-ring (bicyclic) bond motifs is 2. The topological polar surface area (TPSA) is 102 Å². The minimum Gasteiger partial charge on any atom is -0.447 e. The first kappa shape index (κ1) is 31.7. The quantitative estimate of drug-likeness (QED) is 0.385. The van der Waals surface area contributed by atoms with Gasteiger partial charge in [0.25, 0.3) is 0 Å². The van der Waals surface area contributed by atoms with Crippen LogP contribution in [0.25, 0.3) is 11.6 Å². The Hall–Kier alpha value is -3.73. The van der Waals surface area contributed by atoms with Crippen LogP contribution in [-0.4, -0.2) is 80.8 Å². The highest BCUT2D eigenvalue weighted by atomic mass is 35.5. The molecule has 1 N–H and O–H groups in total. The molecule has 1 aliphatic heterocycles. The third-order valence-electron chi connectivity index (χ3n) is 7.74. The Morgan fingerprint density at radius 1 is 1.14 bits per heavy atom. The Kier molecular flexibility index (Phi) is 9.43. The molecule has 11 heteroatoms. The van der Waals surface area contributed by atoms with Crippen molar-refractivity contribution in [2.75, 3.05) is 32.8 Å². The maximum atomic E-state index is 13.3. The van der Waals surface area contributed by atoms with Crippen LogP contribution >= 0.6 is 11.6 Å². The van der Waals surface area contributed by atoms with Gasteiger partial charge in [0.15, 0.2) is 0 Å². The number of pyridine rings is 1. The average molecular weight is 621 g/mol. The molecule has 1 aliphatic carbocycles. The molecule has 2 aliphatic rings. The normalized spacial score (nSPS) is 17.8. The Bertz CT molecular complexity index is 1540. The van der Waals surface area contributed by atoms with Crippen molar-refractivity contribution in [1.82, 2.24) is 29.7 Å². The third-order valence-corrected chi connectivity index (χ3v) is 7.97. The predicted molar refractivity (Wildman–Crippen MR) is 170 cm³/mol. The number of aromatic nitrogens is 3. The summed E-state index contributed by atoms with van der Waals surface area (Å²) >= 11 is 6.66. The maximum Gasteiger partial charge on any atom is 0.410 e. The van der Waals surface area contributed by atoms with Crippen LogP contribution in [0, 0.1) is 0 Å². The lowest BCUT2D eigenvalue weighted by Gasteiger charge is -2.39. The lowest BCUT2D eigenvalue weighted by molar-refractivity contribution is -0.131. The van der Waals surface area contributed by atoms with Gasteiger partial charge in [-0.25, -0.2) is 9.78 Å². The maximum absolute atomic E-state index is 13.3. The summed E-state index contributed by atoms with van der Waals surface area (Å²) in [4.78, 5) is 39.3. The predicted octanol–water partition coefficient (Wildman–Crippen LogP) is 5.25. The van der Waals surface area contributed by atoms with Crippen LogP contribution < -0.4 is 5.32 Å². The number of carbonyl (C=O) groups is 2. The van der Waals surface area contributed by atoms with Crippen molar-refractivity contribution < 1.29 is 19.1 Å². The Balaban J connectivity index is 1.57. The van der Waals surface area contributed by atoms with Crippen LogP contribution in [0.2, 0.25) is 5.02 Å². The van der Waals surface area contributed by atoms with Crippen molar-refractivity contribution in [2.45, 2.75) is 58.4 Å². The molecule has 2 atom stereocenters. The summed E-state index contributed by atoms with van der Waals surface area (Å²) in [6, 6.07) is 9.10. The minimum absolute atomic E-state index is 0.0855. The number of rotatable bonds is 7. The van der Waals surface area contributed by atoms with E-state index in [0.29, 0.717) is 31.2 Å². The number of carbonyl (C=O) groups excluding carboxylic acids is 2. The number of aryl methyl sites for hydroxylation is 1. The first-order chi connectivity index (χ1) is 20.9. The van der Waals surface area contributed by atoms with E-state index in [1.165, 1.54) is 0 Å². The second-order valence-electron chi connectivity index (χ2n) is 12.5. The van der Waals surface area contributed by atoms with Crippen LogP contribution in [-0.2, 0) is 21.3 Å². The minimum atomic E-state index is -0.551. The molecule has 44 heavy (non-hydrogen) atoms. The molecule has 1 saturated heterocycles. The van der Waals surface area contributed by atoms with Gasteiger partial charge in [0.1, 0.15) is 6.61 Å². The fraction of sp³-hybridized carbons (Fsp3) is 0.455. The van der Waals surface area contributed by atoms with Gasteiger partial charge in [0.2, 0.25) is 5.91 Å². The molecule has 0 unspecified atom stereocenters. The van der Waals surface area contributed by atoms with Gasteiger partial charge in [0.05, 0.1) is 47.7 Å². The van der Waals surface area contributed by atoms with Crippen molar-refractivity contribution in [3.8, 4) is 0 Å². The molecule has 234 valence electrons. The lowest BCUT2D eigenvalue weighted by atomic mass is 9.89. The fourth-order valence-electron chi connectivity index (χ4n) is 5.68. The van der Waals surface area contributed by atoms with Gasteiger partial charge in [-0.3, -0.25) is 14.7 Å². The van der Waals surface area contributed by atoms with E-state index < -0.39 is 11.6 Å². The highest BCUT2D eigenvalue weighted by Gasteiger charge is 2.36. The Labute approximate surface area is 264 Å². The second kappa shape index (κ2) is 13.1. The highest BCUT2D eigenvalue weighted by molar-refractivity contribution is 6.30. The number of hydrogen-bond acceptors (Lipinski definition) is 7. The van der Waals surface area contributed by atoms with Gasteiger partial charge in [-0.2, -0.15) is 0 Å². The number of piperazine rings is 1. The Morgan fingerprint density at radius 2 is 1.89 bits per heavy atom. The van der Waals surface area contributed by atoms with E-state index in [2.05, 4.69) is 21.3 Å². The summed E-state index contributed by atoms with van der Waals surface area (Å²) in [7, 11) is 1.91. The van der Waals surface area contributed by atoms with Gasteiger partial charge in [-0.15, -0.1) is 0 Å². The van der Waals surface area contributed by atoms with E-state index >= 15 is 0 Å². The molecule has 2 aromatic heterocycles. The Morgan fingerprint density at radius 3 is 2.55 bits per heavy atom. The average Bonchev–Trinajstić information content (AvgIpc) is 3.34. The second-order valence-corrected chi connectivity index (χ2v) is 12.9. The molecule has 5 rings (SSSR count). The van der Waals surface area contributed by atoms with Crippen LogP contribution in [0.4, 0.5) is 4.79 Å². The van der Waals surface area contributed by atoms with Gasteiger partial charge < -0.3 is 24.3 Å². The molecular formula is C33H41ClN6O4. The molecule has 0 saturated carbocycles. The monoisotopic (exact) mass is 620 g/mol. The van der Waals surface area contributed by atoms with Crippen molar-refractivity contribution in [3.05, 3.63) is 82.2 Å². The van der Waals surface area contributed by atoms with Gasteiger partial charge in [-0.1, -0.05) is 23.7 Å². The zero-order valence-electron chi connectivity index (χ0n) is 26.2. The molecule has 3 heterocycles. The van der Waals surface area contributed by atoms with Crippen LogP contribution in [0.1, 0.15) is 74.8 Å². The molecule has 2 amide bonds. The van der Waals surface area contributed by atoms with Crippen molar-refractivity contribution in [3.63, 3.8) is 0 Å². The van der Waals surface area contributed by atoms with E-state index in [1.54, 1.807) is 23.6 Å². The van der Waals surface area contributed by atoms with E-state index in [4.69, 9.17) is 26.1 Å². The van der Waals surface area contributed by atoms with E-state index in [1.807, 2.05) is 76.6 Å². The molecule has 0 radical (unpaired) electrons. The molecular weight excluding hydrogens is 580 g/mol. The number of amides is 2. The zero-order valence-corrected chi connectivity index (χ0v) is 27.0. The summed E-state index contributed by atoms with van der Waals surface area (Å²) in [5.74, 6) is -0.243. The molecule has 1 fully saturated rings. The van der Waals surface area contributed by atoms with E-state index in [-0.39, 0.29) is 30.8 Å². The summed E-state index contributed by atoms with van der Waals surface area (Å²) in [5.41, 5.74) is 4.98. The van der Waals surface area contributed by atoms with E-state index in [0.717, 1.165) is 33.7 Å². The molecule has 10 nitrogen and oxygen atoms in total. The van der Waals surface area contributed by atoms with Gasteiger partial charge in [0, 0.05) is 44.4 Å². The highest BCUT2D eigenvalue weighted by Crippen LogP contribution is 2.44. The number of hydrogen-bond donors (Lipinski definition) is 1. The SMILES string of the molecule is CC(C)OC(=O)N1CCN([C@H]2c3ccc(Cl)cc3C([C@@H](NC(=O)COC(C)(C)C)c3cncn3C)=Cc3cccnc32)CC1. The van der Waals surface area contributed by atoms with Crippen LogP contribution in [0.3, 0.4) is 0 Å². The smallest absolute Gasteiger partial charge is 0.410 e. The van der Waals surface area contributed by atoms with Crippen LogP contribution in [0.5, 0.6) is 0 Å². The number of nitrogens with zero attached hydrogens (tertiary/aromatic N) is 5. The number of ether oxygens (including phenoxy) is 2. The summed E-state index contributed by atoms with van der Waals surface area (Å²) in [6.07, 6.45) is 6.92.